The van der Waals surface area contributed by atoms with Gasteiger partial charge >= 0.3 is 0 Å². The van der Waals surface area contributed by atoms with E-state index in [2.05, 4.69) is 10.4 Å². The lowest BCUT2D eigenvalue weighted by Crippen LogP contribution is -2.34. The van der Waals surface area contributed by atoms with Crippen molar-refractivity contribution in [2.75, 3.05) is 0 Å². The Kier molecular flexibility index (Phi) is 4.20. The number of rotatable bonds is 4. The van der Waals surface area contributed by atoms with E-state index < -0.39 is 0 Å². The van der Waals surface area contributed by atoms with Gasteiger partial charge in [-0.3, -0.25) is 4.79 Å². The average Bonchev–Trinajstić information content (AvgIpc) is 3.15. The highest BCUT2D eigenvalue weighted by Gasteiger charge is 2.27. The molecule has 1 aliphatic heterocycles. The van der Waals surface area contributed by atoms with E-state index in [1.54, 1.807) is 23.0 Å². The van der Waals surface area contributed by atoms with Gasteiger partial charge in [-0.2, -0.15) is 5.10 Å². The summed E-state index contributed by atoms with van der Waals surface area (Å²) in [7, 11) is 0. The molecule has 2 aromatic rings. The highest BCUT2D eigenvalue weighted by atomic mass is 19.1. The van der Waals surface area contributed by atoms with Crippen LogP contribution in [0, 0.1) is 5.82 Å². The maximum atomic E-state index is 12.9. The van der Waals surface area contributed by atoms with Gasteiger partial charge in [-0.25, -0.2) is 9.07 Å². The first kappa shape index (κ1) is 14.7. The van der Waals surface area contributed by atoms with E-state index >= 15 is 0 Å². The van der Waals surface area contributed by atoms with Gasteiger partial charge in [0.15, 0.2) is 0 Å². The van der Waals surface area contributed by atoms with E-state index in [4.69, 9.17) is 4.74 Å². The van der Waals surface area contributed by atoms with Crippen LogP contribution < -0.4 is 5.32 Å². The largest absolute Gasteiger partial charge is 0.365 e. The van der Waals surface area contributed by atoms with Crippen LogP contribution in [0.2, 0.25) is 0 Å². The number of carbonyl (C=O) groups is 1. The molecule has 2 atom stereocenters. The molecule has 6 heteroatoms. The molecule has 116 valence electrons. The highest BCUT2D eigenvalue weighted by molar-refractivity contribution is 5.80. The number of nitrogens with one attached hydrogen (secondary N) is 1. The van der Waals surface area contributed by atoms with E-state index in [-0.39, 0.29) is 23.9 Å². The molecular weight excluding hydrogens is 285 g/mol. The third-order valence-electron chi connectivity index (χ3n) is 3.70. The predicted octanol–water partition coefficient (Wildman–Crippen LogP) is 2.20. The predicted molar refractivity (Wildman–Crippen MR) is 78.9 cm³/mol. The molecule has 1 aromatic carbocycles. The highest BCUT2D eigenvalue weighted by Crippen LogP contribution is 2.19. The number of hydrogen-bond acceptors (Lipinski definition) is 3. The van der Waals surface area contributed by atoms with Crippen molar-refractivity contribution in [1.82, 2.24) is 15.1 Å². The van der Waals surface area contributed by atoms with Crippen LogP contribution in [0.1, 0.15) is 25.5 Å². The molecule has 2 unspecified atom stereocenters. The molecule has 1 amide bonds. The van der Waals surface area contributed by atoms with Gasteiger partial charge < -0.3 is 10.1 Å². The molecule has 0 aliphatic carbocycles. The first-order chi connectivity index (χ1) is 10.6. The van der Waals surface area contributed by atoms with Crippen LogP contribution in [0.3, 0.4) is 0 Å². The van der Waals surface area contributed by atoms with Crippen molar-refractivity contribution < 1.29 is 13.9 Å². The summed E-state index contributed by atoms with van der Waals surface area (Å²) in [5.41, 5.74) is 1.51. The van der Waals surface area contributed by atoms with Crippen molar-refractivity contribution in [3.63, 3.8) is 0 Å². The lowest BCUT2D eigenvalue weighted by molar-refractivity contribution is -0.131. The second kappa shape index (κ2) is 6.27. The zero-order valence-corrected chi connectivity index (χ0v) is 12.3. The standard InChI is InChI=1S/C16H18FN3O2/c1-11-2-7-15(22-11)16(21)18-10-13-8-9-20(19-13)14-5-3-12(17)4-6-14/h3-6,8-9,11,15H,2,7,10H2,1H3,(H,18,21). The molecule has 1 N–H and O–H groups in total. The summed E-state index contributed by atoms with van der Waals surface area (Å²) in [4.78, 5) is 12.0. The third-order valence-corrected chi connectivity index (χ3v) is 3.70. The zero-order chi connectivity index (χ0) is 15.5. The Bertz CT molecular complexity index is 654. The molecule has 2 heterocycles. The summed E-state index contributed by atoms with van der Waals surface area (Å²) in [5, 5.41) is 7.20. The Morgan fingerprint density at radius 2 is 2.14 bits per heavy atom. The van der Waals surface area contributed by atoms with Crippen molar-refractivity contribution >= 4 is 5.91 Å². The number of nitrogens with zero attached hydrogens (tertiary/aromatic N) is 2. The number of carbonyl (C=O) groups excluding carboxylic acids is 1. The molecular formula is C16H18FN3O2. The summed E-state index contributed by atoms with van der Waals surface area (Å²) in [6, 6.07) is 7.90. The Morgan fingerprint density at radius 1 is 1.36 bits per heavy atom. The van der Waals surface area contributed by atoms with E-state index in [1.807, 2.05) is 13.0 Å². The van der Waals surface area contributed by atoms with Crippen molar-refractivity contribution in [3.05, 3.63) is 48.0 Å². The molecule has 1 aromatic heterocycles. The van der Waals surface area contributed by atoms with Gasteiger partial charge in [-0.1, -0.05) is 0 Å². The van der Waals surface area contributed by atoms with Gasteiger partial charge in [0.1, 0.15) is 11.9 Å². The van der Waals surface area contributed by atoms with Crippen LogP contribution in [0.4, 0.5) is 4.39 Å². The SMILES string of the molecule is CC1CCC(C(=O)NCc2ccn(-c3ccc(F)cc3)n2)O1. The van der Waals surface area contributed by atoms with Gasteiger partial charge in [0.05, 0.1) is 24.0 Å². The number of ether oxygens (including phenoxy) is 1. The summed E-state index contributed by atoms with van der Waals surface area (Å²) in [5.74, 6) is -0.380. The molecule has 0 bridgehead atoms. The second-order valence-electron chi connectivity index (χ2n) is 5.46. The fourth-order valence-corrected chi connectivity index (χ4v) is 2.48. The van der Waals surface area contributed by atoms with Crippen LogP contribution in [-0.2, 0) is 16.1 Å². The number of benzene rings is 1. The smallest absolute Gasteiger partial charge is 0.249 e. The minimum absolute atomic E-state index is 0.0966. The molecule has 3 rings (SSSR count). The third kappa shape index (κ3) is 3.33. The van der Waals surface area contributed by atoms with Crippen molar-refractivity contribution in [1.29, 1.82) is 0 Å². The lowest BCUT2D eigenvalue weighted by Gasteiger charge is -2.10. The normalized spacial score (nSPS) is 21.0. The van der Waals surface area contributed by atoms with E-state index in [9.17, 15) is 9.18 Å². The van der Waals surface area contributed by atoms with Crippen molar-refractivity contribution in [2.24, 2.45) is 0 Å². The fourth-order valence-electron chi connectivity index (χ4n) is 2.48. The van der Waals surface area contributed by atoms with Gasteiger partial charge in [-0.05, 0) is 50.1 Å². The maximum absolute atomic E-state index is 12.9. The van der Waals surface area contributed by atoms with Gasteiger partial charge in [0.2, 0.25) is 5.91 Å². The zero-order valence-electron chi connectivity index (χ0n) is 12.3. The molecule has 0 saturated carbocycles. The van der Waals surface area contributed by atoms with Crippen LogP contribution >= 0.6 is 0 Å². The Morgan fingerprint density at radius 3 is 2.82 bits per heavy atom. The van der Waals surface area contributed by atoms with Crippen LogP contribution in [-0.4, -0.2) is 27.9 Å². The average molecular weight is 303 g/mol. The lowest BCUT2D eigenvalue weighted by atomic mass is 10.2. The van der Waals surface area contributed by atoms with Crippen LogP contribution in [0.25, 0.3) is 5.69 Å². The minimum atomic E-state index is -0.353. The van der Waals surface area contributed by atoms with Crippen molar-refractivity contribution in [3.8, 4) is 5.69 Å². The molecule has 1 aliphatic rings. The summed E-state index contributed by atoms with van der Waals surface area (Å²) < 4.78 is 20.1. The fraction of sp³-hybridized carbons (Fsp3) is 0.375. The monoisotopic (exact) mass is 303 g/mol. The van der Waals surface area contributed by atoms with Crippen LogP contribution in [0.5, 0.6) is 0 Å². The number of amides is 1. The van der Waals surface area contributed by atoms with Crippen LogP contribution in [0.15, 0.2) is 36.5 Å². The minimum Gasteiger partial charge on any atom is -0.365 e. The first-order valence-corrected chi connectivity index (χ1v) is 7.35. The van der Waals surface area contributed by atoms with Crippen molar-refractivity contribution in [2.45, 2.75) is 38.5 Å². The molecule has 0 radical (unpaired) electrons. The Labute approximate surface area is 128 Å². The quantitative estimate of drug-likeness (QED) is 0.942. The Hall–Kier alpha value is -2.21. The number of halogens is 1. The molecule has 22 heavy (non-hydrogen) atoms. The van der Waals surface area contributed by atoms with Gasteiger partial charge in [-0.15, -0.1) is 0 Å². The van der Waals surface area contributed by atoms with E-state index in [0.717, 1.165) is 24.2 Å². The summed E-state index contributed by atoms with van der Waals surface area (Å²) >= 11 is 0. The number of aromatic nitrogens is 2. The van der Waals surface area contributed by atoms with Gasteiger partial charge in [0.25, 0.3) is 0 Å². The molecule has 0 spiro atoms. The molecule has 5 nitrogen and oxygen atoms in total. The molecule has 1 fully saturated rings. The van der Waals surface area contributed by atoms with E-state index in [0.29, 0.717) is 6.54 Å². The first-order valence-electron chi connectivity index (χ1n) is 7.35. The maximum Gasteiger partial charge on any atom is 0.249 e. The number of hydrogen-bond donors (Lipinski definition) is 1. The Balaban J connectivity index is 1.58. The molecule has 1 saturated heterocycles. The van der Waals surface area contributed by atoms with Gasteiger partial charge in [0, 0.05) is 6.20 Å². The topological polar surface area (TPSA) is 56.2 Å². The second-order valence-corrected chi connectivity index (χ2v) is 5.46. The van der Waals surface area contributed by atoms with E-state index in [1.165, 1.54) is 12.1 Å². The summed E-state index contributed by atoms with van der Waals surface area (Å²) in [6.45, 7) is 2.32. The summed E-state index contributed by atoms with van der Waals surface area (Å²) in [6.07, 6.45) is 3.25.